The predicted octanol–water partition coefficient (Wildman–Crippen LogP) is 4.71. The second-order valence-corrected chi connectivity index (χ2v) is 7.11. The Morgan fingerprint density at radius 2 is 2.05 bits per heavy atom. The molecule has 1 aromatic carbocycles. The largest absolute Gasteiger partial charge is 0.338 e. The van der Waals surface area contributed by atoms with Crippen LogP contribution in [0.4, 0.5) is 0 Å². The molecule has 0 saturated carbocycles. The van der Waals surface area contributed by atoms with Gasteiger partial charge in [-0.3, -0.25) is 4.79 Å². The maximum atomic E-state index is 12.2. The number of carbonyl (C=O) groups is 1. The van der Waals surface area contributed by atoms with Gasteiger partial charge in [0.05, 0.1) is 16.0 Å². The average Bonchev–Trinajstić information content (AvgIpc) is 2.97. The maximum Gasteiger partial charge on any atom is 0.233 e. The molecule has 20 heavy (non-hydrogen) atoms. The van der Waals surface area contributed by atoms with Gasteiger partial charge in [-0.05, 0) is 36.1 Å². The monoisotopic (exact) mass is 325 g/mol. The molecule has 0 aliphatic rings. The van der Waals surface area contributed by atoms with E-state index in [0.29, 0.717) is 10.8 Å². The number of hydrogen-bond acceptors (Lipinski definition) is 3. The van der Waals surface area contributed by atoms with Gasteiger partial charge in [-0.15, -0.1) is 23.1 Å². The second kappa shape index (κ2) is 7.16. The van der Waals surface area contributed by atoms with E-state index in [2.05, 4.69) is 0 Å². The summed E-state index contributed by atoms with van der Waals surface area (Å²) < 4.78 is 1.17. The van der Waals surface area contributed by atoms with Crippen molar-refractivity contribution in [1.82, 2.24) is 4.90 Å². The van der Waals surface area contributed by atoms with Crippen LogP contribution in [-0.2, 0) is 4.79 Å². The van der Waals surface area contributed by atoms with Crippen LogP contribution in [0.5, 0.6) is 0 Å². The van der Waals surface area contributed by atoms with Crippen molar-refractivity contribution in [1.29, 1.82) is 0 Å². The molecule has 1 atom stereocenters. The Morgan fingerprint density at radius 3 is 2.65 bits per heavy atom. The third-order valence-electron chi connectivity index (χ3n) is 3.16. The van der Waals surface area contributed by atoms with Gasteiger partial charge < -0.3 is 4.90 Å². The molecule has 0 N–H and O–H groups in total. The highest BCUT2D eigenvalue weighted by Crippen LogP contribution is 2.25. The van der Waals surface area contributed by atoms with Gasteiger partial charge in [0.1, 0.15) is 0 Å². The topological polar surface area (TPSA) is 20.3 Å². The molecule has 2 nitrogen and oxygen atoms in total. The fourth-order valence-corrected chi connectivity index (χ4v) is 3.60. The predicted molar refractivity (Wildman–Crippen MR) is 87.7 cm³/mol. The normalized spacial score (nSPS) is 12.2. The number of benzene rings is 1. The Hall–Kier alpha value is -0.970. The summed E-state index contributed by atoms with van der Waals surface area (Å²) >= 11 is 9.13. The van der Waals surface area contributed by atoms with E-state index in [0.717, 1.165) is 5.56 Å². The van der Waals surface area contributed by atoms with Crippen LogP contribution in [0, 0.1) is 0 Å². The first kappa shape index (κ1) is 15.4. The molecule has 2 rings (SSSR count). The van der Waals surface area contributed by atoms with Crippen molar-refractivity contribution >= 4 is 40.6 Å². The number of hydrogen-bond donors (Lipinski definition) is 0. The van der Waals surface area contributed by atoms with E-state index in [1.807, 2.05) is 55.7 Å². The summed E-state index contributed by atoms with van der Waals surface area (Å²) in [4.78, 5) is 14.0. The van der Waals surface area contributed by atoms with Crippen molar-refractivity contribution < 1.29 is 4.79 Å². The lowest BCUT2D eigenvalue weighted by atomic mass is 10.1. The molecule has 1 heterocycles. The van der Waals surface area contributed by atoms with E-state index in [9.17, 15) is 4.79 Å². The van der Waals surface area contributed by atoms with E-state index in [4.69, 9.17) is 11.6 Å². The summed E-state index contributed by atoms with van der Waals surface area (Å²) in [6.45, 7) is 2.02. The molecule has 5 heteroatoms. The highest BCUT2D eigenvalue weighted by atomic mass is 35.5. The van der Waals surface area contributed by atoms with Gasteiger partial charge in [-0.1, -0.05) is 29.8 Å². The number of thioether (sulfide) groups is 1. The zero-order valence-corrected chi connectivity index (χ0v) is 13.8. The molecule has 1 amide bonds. The number of amides is 1. The minimum Gasteiger partial charge on any atom is -0.338 e. The number of thiophene rings is 1. The van der Waals surface area contributed by atoms with Gasteiger partial charge in [-0.25, -0.2) is 0 Å². The number of nitrogens with zero attached hydrogens (tertiary/aromatic N) is 1. The quantitative estimate of drug-likeness (QED) is 0.742. The molecule has 2 aromatic rings. The highest BCUT2D eigenvalue weighted by molar-refractivity contribution is 8.01. The smallest absolute Gasteiger partial charge is 0.233 e. The van der Waals surface area contributed by atoms with E-state index in [1.54, 1.807) is 28.0 Å². The second-order valence-electron chi connectivity index (χ2n) is 4.45. The Morgan fingerprint density at radius 1 is 1.35 bits per heavy atom. The van der Waals surface area contributed by atoms with Crippen LogP contribution in [0.1, 0.15) is 18.5 Å². The van der Waals surface area contributed by atoms with E-state index in [1.165, 1.54) is 4.21 Å². The molecule has 106 valence electrons. The van der Waals surface area contributed by atoms with Crippen molar-refractivity contribution in [3.8, 4) is 0 Å². The highest BCUT2D eigenvalue weighted by Gasteiger charge is 2.17. The fourth-order valence-electron chi connectivity index (χ4n) is 1.76. The minimum atomic E-state index is 0.0451. The van der Waals surface area contributed by atoms with Gasteiger partial charge in [-0.2, -0.15) is 0 Å². The summed E-state index contributed by atoms with van der Waals surface area (Å²) in [7, 11) is 1.84. The Bertz CT molecular complexity index is 554. The third kappa shape index (κ3) is 4.01. The van der Waals surface area contributed by atoms with E-state index in [-0.39, 0.29) is 11.9 Å². The van der Waals surface area contributed by atoms with Crippen LogP contribution in [-0.4, -0.2) is 23.6 Å². The first-order valence-electron chi connectivity index (χ1n) is 6.25. The SMILES string of the molecule is CC(c1ccc(Cl)cc1)N(C)C(=O)CSc1cccs1. The summed E-state index contributed by atoms with van der Waals surface area (Å²) in [6, 6.07) is 11.7. The molecule has 0 spiro atoms. The van der Waals surface area contributed by atoms with Crippen molar-refractivity contribution in [2.45, 2.75) is 17.2 Å². The van der Waals surface area contributed by atoms with Crippen LogP contribution in [0.3, 0.4) is 0 Å². The standard InChI is InChI=1S/C15H16ClNOS2/c1-11(12-5-7-13(16)8-6-12)17(2)14(18)10-20-15-4-3-9-19-15/h3-9,11H,10H2,1-2H3. The molecule has 0 fully saturated rings. The summed E-state index contributed by atoms with van der Waals surface area (Å²) in [5.74, 6) is 0.598. The van der Waals surface area contributed by atoms with Gasteiger partial charge in [0.25, 0.3) is 0 Å². The molecule has 0 radical (unpaired) electrons. The molecular formula is C15H16ClNOS2. The van der Waals surface area contributed by atoms with Crippen molar-refractivity contribution in [3.63, 3.8) is 0 Å². The van der Waals surface area contributed by atoms with Crippen molar-refractivity contribution in [2.75, 3.05) is 12.8 Å². The first-order chi connectivity index (χ1) is 9.58. The zero-order chi connectivity index (χ0) is 14.5. The zero-order valence-electron chi connectivity index (χ0n) is 11.4. The summed E-state index contributed by atoms with van der Waals surface area (Å²) in [6.07, 6.45) is 0. The number of carbonyl (C=O) groups excluding carboxylic acids is 1. The van der Waals surface area contributed by atoms with Crippen LogP contribution in [0.25, 0.3) is 0 Å². The van der Waals surface area contributed by atoms with Crippen LogP contribution < -0.4 is 0 Å². The molecule has 0 aliphatic carbocycles. The molecule has 1 unspecified atom stereocenters. The minimum absolute atomic E-state index is 0.0451. The molecule has 0 aliphatic heterocycles. The lowest BCUT2D eigenvalue weighted by Gasteiger charge is -2.25. The van der Waals surface area contributed by atoms with Crippen molar-refractivity contribution in [3.05, 3.63) is 52.4 Å². The van der Waals surface area contributed by atoms with Crippen LogP contribution in [0.2, 0.25) is 5.02 Å². The number of halogens is 1. The Balaban J connectivity index is 1.93. The number of rotatable bonds is 5. The Labute approximate surface area is 132 Å². The van der Waals surface area contributed by atoms with Gasteiger partial charge in [0.2, 0.25) is 5.91 Å². The lowest BCUT2D eigenvalue weighted by molar-refractivity contribution is -0.128. The molecule has 0 bridgehead atoms. The fraction of sp³-hybridized carbons (Fsp3) is 0.267. The molecule has 1 aromatic heterocycles. The van der Waals surface area contributed by atoms with E-state index >= 15 is 0 Å². The Kier molecular flexibility index (Phi) is 5.52. The van der Waals surface area contributed by atoms with Gasteiger partial charge in [0, 0.05) is 12.1 Å². The van der Waals surface area contributed by atoms with Crippen molar-refractivity contribution in [2.24, 2.45) is 0 Å². The van der Waals surface area contributed by atoms with Crippen LogP contribution in [0.15, 0.2) is 46.0 Å². The molecular weight excluding hydrogens is 310 g/mol. The molecule has 0 saturated heterocycles. The lowest BCUT2D eigenvalue weighted by Crippen LogP contribution is -2.31. The van der Waals surface area contributed by atoms with Gasteiger partial charge >= 0.3 is 0 Å². The third-order valence-corrected chi connectivity index (χ3v) is 5.53. The summed E-state index contributed by atoms with van der Waals surface area (Å²) in [5.41, 5.74) is 1.09. The average molecular weight is 326 g/mol. The summed E-state index contributed by atoms with van der Waals surface area (Å²) in [5, 5.41) is 2.73. The van der Waals surface area contributed by atoms with Gasteiger partial charge in [0.15, 0.2) is 0 Å². The van der Waals surface area contributed by atoms with E-state index < -0.39 is 0 Å². The maximum absolute atomic E-state index is 12.2. The first-order valence-corrected chi connectivity index (χ1v) is 8.49. The van der Waals surface area contributed by atoms with Crippen LogP contribution >= 0.6 is 34.7 Å².